The minimum absolute atomic E-state index is 0.00636. The number of aromatic hydroxyl groups is 3. The molecule has 680 valence electrons. The Labute approximate surface area is 745 Å². The summed E-state index contributed by atoms with van der Waals surface area (Å²) in [6.45, 7) is 3.97. The van der Waals surface area contributed by atoms with E-state index in [9.17, 15) is 60.7 Å². The minimum Gasteiger partial charge on any atom is -0.508 e. The van der Waals surface area contributed by atoms with Crippen molar-refractivity contribution >= 4 is 64.6 Å². The van der Waals surface area contributed by atoms with Gasteiger partial charge in [-0.3, -0.25) is 28.8 Å². The lowest BCUT2D eigenvalue weighted by atomic mass is 9.86. The van der Waals surface area contributed by atoms with Crippen molar-refractivity contribution in [2.75, 3.05) is 13.2 Å². The molecule has 36 heteroatoms. The van der Waals surface area contributed by atoms with Gasteiger partial charge in [0.15, 0.2) is 36.2 Å². The maximum Gasteiger partial charge on any atom is 0.330 e. The Kier molecular flexibility index (Phi) is 29.6. The summed E-state index contributed by atoms with van der Waals surface area (Å²) in [4.78, 5) is 107. The fraction of sp³-hybridized carbons (Fsp3) is 0.402. The van der Waals surface area contributed by atoms with Gasteiger partial charge in [0.2, 0.25) is 47.5 Å². The first-order valence-corrected chi connectivity index (χ1v) is 43.0. The fourth-order valence-corrected chi connectivity index (χ4v) is 17.3. The highest BCUT2D eigenvalue weighted by molar-refractivity contribution is 6.32. The van der Waals surface area contributed by atoms with E-state index in [1.54, 1.807) is 6.92 Å². The van der Waals surface area contributed by atoms with E-state index in [1.165, 1.54) is 55.8 Å². The number of carboxylic acids is 1. The average Bonchev–Trinajstić information content (AvgIpc) is 0.763. The van der Waals surface area contributed by atoms with E-state index in [0.29, 0.717) is 12.8 Å². The van der Waals surface area contributed by atoms with Crippen LogP contribution >= 0.6 is 23.2 Å². The number of hydrogen-bond acceptors (Lipinski definition) is 27. The van der Waals surface area contributed by atoms with Gasteiger partial charge in [-0.1, -0.05) is 152 Å². The lowest BCUT2D eigenvalue weighted by molar-refractivity contribution is -0.330. The number of unbranched alkanes of at least 4 members (excludes halogenated alkanes) is 5. The molecule has 21 atom stereocenters. The lowest BCUT2D eigenvalue weighted by Crippen LogP contribution is -2.63. The summed E-state index contributed by atoms with van der Waals surface area (Å²) in [5.41, 5.74) is 12.8. The summed E-state index contributed by atoms with van der Waals surface area (Å²) < 4.78 is 53.0. The molecule has 0 aromatic heterocycles. The monoisotopic (exact) mass is 1800 g/mol. The van der Waals surface area contributed by atoms with E-state index in [4.69, 9.17) is 72.6 Å². The van der Waals surface area contributed by atoms with Gasteiger partial charge in [0.05, 0.1) is 47.5 Å². The van der Waals surface area contributed by atoms with Crippen LogP contribution in [0.15, 0.2) is 164 Å². The highest BCUT2D eigenvalue weighted by atomic mass is 35.5. The van der Waals surface area contributed by atoms with Gasteiger partial charge < -0.3 is 138 Å². The first kappa shape index (κ1) is 93.0. The van der Waals surface area contributed by atoms with Gasteiger partial charge >= 0.3 is 5.97 Å². The second-order valence-electron chi connectivity index (χ2n) is 33.2. The number of amides is 6. The van der Waals surface area contributed by atoms with Crippen LogP contribution in [0.3, 0.4) is 0 Å². The number of ether oxygens (including phenoxy) is 8. The largest absolute Gasteiger partial charge is 0.508 e. The van der Waals surface area contributed by atoms with Crippen LogP contribution in [0.5, 0.6) is 46.0 Å². The number of nitrogens with one attached hydrogen (secondary N) is 7. The molecule has 0 radical (unpaired) electrons. The Bertz CT molecular complexity index is 5360. The van der Waals surface area contributed by atoms with Crippen LogP contribution in [0, 0.1) is 0 Å². The van der Waals surface area contributed by atoms with Crippen LogP contribution in [-0.4, -0.2) is 203 Å². The number of fused-ring (bicyclic) bond motifs is 15. The van der Waals surface area contributed by atoms with E-state index < -0.39 is 244 Å². The first-order valence-electron chi connectivity index (χ1n) is 42.2. The zero-order valence-electron chi connectivity index (χ0n) is 69.8. The number of primary amides is 1. The Morgan fingerprint density at radius 1 is 0.578 bits per heavy atom. The molecule has 0 saturated carbocycles. The van der Waals surface area contributed by atoms with E-state index in [2.05, 4.69) is 49.4 Å². The second-order valence-corrected chi connectivity index (χ2v) is 34.0. The number of phenols is 3. The Hall–Kier alpha value is -11.1. The van der Waals surface area contributed by atoms with Crippen LogP contribution in [-0.2, 0) is 70.2 Å². The molecule has 128 heavy (non-hydrogen) atoms. The van der Waals surface area contributed by atoms with Gasteiger partial charge in [0, 0.05) is 53.7 Å². The van der Waals surface area contributed by atoms with E-state index in [0.717, 1.165) is 91.3 Å². The highest BCUT2D eigenvalue weighted by Gasteiger charge is 2.52. The lowest BCUT2D eigenvalue weighted by Gasteiger charge is -2.45. The summed E-state index contributed by atoms with van der Waals surface area (Å²) in [5, 5.41) is 135. The van der Waals surface area contributed by atoms with Crippen molar-refractivity contribution in [3.05, 3.63) is 213 Å². The molecule has 8 heterocycles. The van der Waals surface area contributed by atoms with Crippen molar-refractivity contribution in [3.8, 4) is 68.2 Å². The van der Waals surface area contributed by atoms with Gasteiger partial charge in [-0.15, -0.1) is 0 Å². The molecule has 21 N–H and O–H groups in total. The number of hydrogen-bond donors (Lipinski definition) is 19. The third kappa shape index (κ3) is 21.4. The maximum atomic E-state index is 16.6. The molecule has 3 fully saturated rings. The molecule has 3 saturated heterocycles. The molecule has 8 aliphatic rings. The predicted molar refractivity (Wildman–Crippen MR) is 461 cm³/mol. The molecular weight excluding hydrogens is 1700 g/mol. The van der Waals surface area contributed by atoms with Gasteiger partial charge in [0.1, 0.15) is 89.5 Å². The van der Waals surface area contributed by atoms with Crippen molar-refractivity contribution < 1.29 is 123 Å². The van der Waals surface area contributed by atoms with Crippen molar-refractivity contribution in [1.82, 2.24) is 37.2 Å². The second kappa shape index (κ2) is 40.7. The molecule has 11 bridgehead atoms. The molecule has 8 aromatic carbocycles. The van der Waals surface area contributed by atoms with Crippen molar-refractivity contribution in [3.63, 3.8) is 0 Å². The predicted octanol–water partition coefficient (Wildman–Crippen LogP) is 6.87. The molecule has 6 amide bonds. The minimum atomic E-state index is -2.33. The number of nitrogens with two attached hydrogens (primary N) is 2. The number of carboxylic acid groups (broad SMARTS) is 1. The van der Waals surface area contributed by atoms with Gasteiger partial charge in [-0.05, 0) is 146 Å². The third-order valence-electron chi connectivity index (χ3n) is 23.8. The number of halogens is 2. The van der Waals surface area contributed by atoms with Crippen LogP contribution < -0.4 is 62.9 Å². The van der Waals surface area contributed by atoms with E-state index in [1.807, 2.05) is 72.8 Å². The number of carbonyl (C=O) groups excluding carboxylic acids is 6. The summed E-state index contributed by atoms with van der Waals surface area (Å²) in [6, 6.07) is 28.9. The number of aliphatic carboxylic acids is 1. The number of phenolic OH excluding ortho intramolecular Hbond substituents is 3. The Morgan fingerprint density at radius 3 is 1.86 bits per heavy atom. The summed E-state index contributed by atoms with van der Waals surface area (Å²) in [7, 11) is 0. The molecular formula is C92H103Cl2N9O25. The van der Waals surface area contributed by atoms with Crippen LogP contribution in [0.25, 0.3) is 22.3 Å². The molecule has 8 aliphatic heterocycles. The number of carbonyl (C=O) groups is 7. The summed E-state index contributed by atoms with van der Waals surface area (Å²) >= 11 is 14.7. The molecule has 16 rings (SSSR count). The Balaban J connectivity index is 0.922. The van der Waals surface area contributed by atoms with Crippen molar-refractivity contribution in [2.45, 2.75) is 219 Å². The topological polar surface area (TPSA) is 532 Å². The zero-order valence-corrected chi connectivity index (χ0v) is 71.3. The van der Waals surface area contributed by atoms with Gasteiger partial charge in [-0.25, -0.2) is 4.79 Å². The normalized spacial score (nSPS) is 28.5. The molecule has 8 aromatic rings. The average molecular weight is 1810 g/mol. The zero-order chi connectivity index (χ0) is 91.1. The quantitative estimate of drug-likeness (QED) is 0.0274. The van der Waals surface area contributed by atoms with Gasteiger partial charge in [-0.2, -0.15) is 0 Å². The van der Waals surface area contributed by atoms with Crippen LogP contribution in [0.4, 0.5) is 0 Å². The number of aliphatic hydroxyl groups is 6. The van der Waals surface area contributed by atoms with E-state index >= 15 is 24.0 Å². The third-order valence-corrected chi connectivity index (χ3v) is 24.4. The molecule has 0 spiro atoms. The smallest absolute Gasteiger partial charge is 0.330 e. The van der Waals surface area contributed by atoms with Gasteiger partial charge in [0.25, 0.3) is 0 Å². The number of benzene rings is 8. The standard InChI is InChI=1S/C92H103Cl2N9O25/c1-44-77(109)59(98-42-47-21-23-49(24-22-47)48-19-13-9-14-20-48)40-69(121-44)126-83-80(112)79(111)67(43-104)125-91(83)128-82-65-35-53-36-66(82)124-64-30-27-52(34-58(64)94)81(127-70-41-92(3,96)84(113)45(2)122-70)76-89(118)102-74(90(119)120)56-37-54(105)38-62(107)71(56)55-32-50(25-28-61(55)106)72(86(115)103-76)101-87(116)73(53)100-85(114)60(39-68(95)108)99-88(117)75(78(110)51-26-29-63(123-65)57(93)33-51)97-31-15-7-5-4-6-10-16-46-17-11-8-12-18-46/h8-9,11-14,17-30,32-38,44-45,59-60,67,69-70,72-81,83-84,91,97-98,104-107,109-113H,4-7,10,15-16,31,39-43,96H2,1-3H3,(H2,95,108)(H,99,117)(H,100,114)(H,101,116)(H,102,118)(H,103,115)(H,119,120)/t44-,45-,59-,60-,67+,69-,70-,72+,73+,74-,75+,76-,77-,78+,79+,80-,81+,83+,84-,91-,92-/m0/s1. The van der Waals surface area contributed by atoms with E-state index in [-0.39, 0.29) is 59.1 Å². The molecule has 0 aliphatic carbocycles. The van der Waals surface area contributed by atoms with Crippen molar-refractivity contribution in [1.29, 1.82) is 0 Å². The maximum absolute atomic E-state index is 16.6. The fourth-order valence-electron chi connectivity index (χ4n) is 16.9. The summed E-state index contributed by atoms with van der Waals surface area (Å²) in [5.74, 6) is -14.3. The van der Waals surface area contributed by atoms with Crippen molar-refractivity contribution in [2.24, 2.45) is 11.5 Å². The highest BCUT2D eigenvalue weighted by Crippen LogP contribution is 2.51. The van der Waals surface area contributed by atoms with Crippen LogP contribution in [0.2, 0.25) is 10.0 Å². The summed E-state index contributed by atoms with van der Waals surface area (Å²) in [6.07, 6.45) is -16.4. The SMILES string of the molecule is C[C@@H]1O[C@@H](O[C@H]2[C@H](Oc3c4cc5cc3Oc3ccc(cc3Cl)[C@@H](O[C@H]3C[C@](C)(N)[C@@H](O)[C@H](C)O3)[C@@H]3NC(=O)[C@H](NC(=O)[C@@H]5NC(=O)[C@H](CC(N)=O)NC(=O)[C@H](NCCCCCCCCc5ccccc5)[C@H](O)c5ccc(c(Cl)c5)O4)c4ccc(O)c(c4)-c4c(O)cc(O)cc4[C@@H](C(=O)O)NC3=O)O[C@H](CO)[C@@H](O)[C@@H]2O)C[C@H](NCc2ccc(-c3ccccc3)cc2)[C@H]1O. The number of rotatable bonds is 24. The number of aryl methyl sites for hydroxylation is 1. The molecule has 34 nitrogen and oxygen atoms in total. The van der Waals surface area contributed by atoms with Crippen LogP contribution in [0.1, 0.15) is 148 Å². The number of aliphatic hydroxyl groups excluding tert-OH is 6. The Morgan fingerprint density at radius 2 is 1.20 bits per heavy atom. The first-order chi connectivity index (χ1) is 61.3. The molecule has 0 unspecified atom stereocenters.